The van der Waals surface area contributed by atoms with Gasteiger partial charge < -0.3 is 9.53 Å². The van der Waals surface area contributed by atoms with Gasteiger partial charge in [0, 0.05) is 5.41 Å². The minimum absolute atomic E-state index is 0.0946. The number of aliphatic hydroxyl groups is 1. The van der Waals surface area contributed by atoms with Crippen molar-refractivity contribution in [3.63, 3.8) is 0 Å². The van der Waals surface area contributed by atoms with E-state index in [0.717, 1.165) is 0 Å². The van der Waals surface area contributed by atoms with Gasteiger partial charge in [-0.3, -0.25) is 0 Å². The highest BCUT2D eigenvalue weighted by atomic mass is 28.4. The molecule has 0 aliphatic heterocycles. The standard InChI is InChI=1S/C15H28O2Si/c1-10-12(16)15(6,7)13(11-2)17-18(8,9)14(3,4)5/h2,10,12-13,16H,1H2,3-9H3. The Kier molecular flexibility index (Phi) is 5.43. The SMILES string of the molecule is C#CC(O[Si](C)(C)C(C)(C)C)C(C)(C)C(O)C=C. The summed E-state index contributed by atoms with van der Waals surface area (Å²) in [6.07, 6.45) is 6.03. The second kappa shape index (κ2) is 5.60. The van der Waals surface area contributed by atoms with Gasteiger partial charge in [0.25, 0.3) is 0 Å². The maximum Gasteiger partial charge on any atom is 0.193 e. The normalized spacial score (nSPS) is 16.8. The van der Waals surface area contributed by atoms with Crippen LogP contribution in [-0.4, -0.2) is 25.6 Å². The van der Waals surface area contributed by atoms with E-state index in [2.05, 4.69) is 46.4 Å². The molecule has 0 fully saturated rings. The summed E-state index contributed by atoms with van der Waals surface area (Å²) < 4.78 is 6.23. The third-order valence-corrected chi connectivity index (χ3v) is 8.47. The first-order chi connectivity index (χ1) is 7.90. The average Bonchev–Trinajstić information content (AvgIpc) is 2.22. The van der Waals surface area contributed by atoms with Gasteiger partial charge in [0.1, 0.15) is 6.10 Å². The molecule has 0 radical (unpaired) electrons. The molecule has 3 heteroatoms. The van der Waals surface area contributed by atoms with E-state index in [9.17, 15) is 5.11 Å². The van der Waals surface area contributed by atoms with Crippen molar-refractivity contribution >= 4 is 8.32 Å². The van der Waals surface area contributed by atoms with Gasteiger partial charge in [0.15, 0.2) is 8.32 Å². The Bertz CT molecular complexity index is 331. The first-order valence-corrected chi connectivity index (χ1v) is 9.25. The molecule has 0 rings (SSSR count). The molecule has 2 atom stereocenters. The summed E-state index contributed by atoms with van der Waals surface area (Å²) in [6, 6.07) is 0. The Morgan fingerprint density at radius 2 is 1.72 bits per heavy atom. The predicted octanol–water partition coefficient (Wildman–Crippen LogP) is 3.58. The molecule has 0 bridgehead atoms. The summed E-state index contributed by atoms with van der Waals surface area (Å²) in [4.78, 5) is 0. The number of rotatable bonds is 5. The van der Waals surface area contributed by atoms with E-state index >= 15 is 0 Å². The first kappa shape index (κ1) is 17.4. The van der Waals surface area contributed by atoms with Gasteiger partial charge in [0.2, 0.25) is 0 Å². The maximum atomic E-state index is 10.0. The maximum absolute atomic E-state index is 10.0. The summed E-state index contributed by atoms with van der Waals surface area (Å²) in [5.41, 5.74) is -0.536. The van der Waals surface area contributed by atoms with Crippen LogP contribution in [0.5, 0.6) is 0 Å². The Labute approximate surface area is 114 Å². The van der Waals surface area contributed by atoms with Crippen molar-refractivity contribution in [1.29, 1.82) is 0 Å². The van der Waals surface area contributed by atoms with Crippen molar-refractivity contribution in [2.45, 2.75) is 65.0 Å². The van der Waals surface area contributed by atoms with Crippen LogP contribution in [-0.2, 0) is 4.43 Å². The zero-order valence-electron chi connectivity index (χ0n) is 12.9. The molecule has 0 saturated carbocycles. The van der Waals surface area contributed by atoms with E-state index in [1.165, 1.54) is 6.08 Å². The van der Waals surface area contributed by atoms with Crippen LogP contribution in [0.4, 0.5) is 0 Å². The topological polar surface area (TPSA) is 29.5 Å². The molecule has 18 heavy (non-hydrogen) atoms. The van der Waals surface area contributed by atoms with Gasteiger partial charge >= 0.3 is 0 Å². The van der Waals surface area contributed by atoms with Crippen molar-refractivity contribution in [1.82, 2.24) is 0 Å². The second-order valence-corrected chi connectivity index (χ2v) is 11.7. The number of terminal acetylenes is 1. The van der Waals surface area contributed by atoms with Gasteiger partial charge in [-0.05, 0) is 18.1 Å². The average molecular weight is 268 g/mol. The van der Waals surface area contributed by atoms with Crippen LogP contribution in [0, 0.1) is 17.8 Å². The molecule has 2 nitrogen and oxygen atoms in total. The summed E-state index contributed by atoms with van der Waals surface area (Å²) in [7, 11) is -1.95. The van der Waals surface area contributed by atoms with Crippen LogP contribution in [0.2, 0.25) is 18.1 Å². The fourth-order valence-electron chi connectivity index (χ4n) is 1.33. The lowest BCUT2D eigenvalue weighted by Crippen LogP contribution is -2.50. The highest BCUT2D eigenvalue weighted by Gasteiger charge is 2.44. The zero-order valence-corrected chi connectivity index (χ0v) is 13.9. The van der Waals surface area contributed by atoms with Crippen LogP contribution in [0.1, 0.15) is 34.6 Å². The lowest BCUT2D eigenvalue weighted by atomic mass is 9.81. The highest BCUT2D eigenvalue weighted by molar-refractivity contribution is 6.74. The highest BCUT2D eigenvalue weighted by Crippen LogP contribution is 2.40. The van der Waals surface area contributed by atoms with Crippen molar-refractivity contribution in [3.8, 4) is 12.3 Å². The molecular weight excluding hydrogens is 240 g/mol. The molecule has 104 valence electrons. The fraction of sp³-hybridized carbons (Fsp3) is 0.733. The van der Waals surface area contributed by atoms with Crippen molar-refractivity contribution in [3.05, 3.63) is 12.7 Å². The molecule has 0 amide bonds. The molecule has 0 aromatic heterocycles. The van der Waals surface area contributed by atoms with E-state index < -0.39 is 25.9 Å². The van der Waals surface area contributed by atoms with Gasteiger partial charge in [-0.2, -0.15) is 0 Å². The van der Waals surface area contributed by atoms with Gasteiger partial charge in [-0.15, -0.1) is 13.0 Å². The van der Waals surface area contributed by atoms with Crippen molar-refractivity contribution in [2.24, 2.45) is 5.41 Å². The Morgan fingerprint density at radius 3 is 2.00 bits per heavy atom. The number of hydrogen-bond acceptors (Lipinski definition) is 2. The molecule has 2 unspecified atom stereocenters. The fourth-order valence-corrected chi connectivity index (χ4v) is 2.65. The molecule has 0 heterocycles. The molecular formula is C15H28O2Si. The van der Waals surface area contributed by atoms with Crippen molar-refractivity contribution < 1.29 is 9.53 Å². The van der Waals surface area contributed by atoms with E-state index in [1.807, 2.05) is 13.8 Å². The van der Waals surface area contributed by atoms with Crippen LogP contribution in [0.15, 0.2) is 12.7 Å². The molecule has 0 aliphatic rings. The van der Waals surface area contributed by atoms with Gasteiger partial charge in [0.05, 0.1) is 6.10 Å². The van der Waals surface area contributed by atoms with E-state index in [-0.39, 0.29) is 5.04 Å². The number of hydrogen-bond donors (Lipinski definition) is 1. The monoisotopic (exact) mass is 268 g/mol. The summed E-state index contributed by atoms with van der Waals surface area (Å²) in [5.74, 6) is 2.69. The minimum atomic E-state index is -1.95. The quantitative estimate of drug-likeness (QED) is 0.469. The van der Waals surface area contributed by atoms with Crippen molar-refractivity contribution in [2.75, 3.05) is 0 Å². The number of aliphatic hydroxyl groups excluding tert-OH is 1. The van der Waals surface area contributed by atoms with Gasteiger partial charge in [-0.1, -0.05) is 46.6 Å². The Morgan fingerprint density at radius 1 is 1.28 bits per heavy atom. The zero-order chi connectivity index (χ0) is 14.8. The summed E-state index contributed by atoms with van der Waals surface area (Å²) in [5, 5.41) is 10.1. The van der Waals surface area contributed by atoms with E-state index in [1.54, 1.807) is 0 Å². The predicted molar refractivity (Wildman–Crippen MR) is 80.9 cm³/mol. The van der Waals surface area contributed by atoms with Crippen LogP contribution in [0.3, 0.4) is 0 Å². The molecule has 0 aliphatic carbocycles. The molecule has 0 aromatic rings. The largest absolute Gasteiger partial charge is 0.403 e. The van der Waals surface area contributed by atoms with Crippen LogP contribution >= 0.6 is 0 Å². The van der Waals surface area contributed by atoms with Gasteiger partial charge in [-0.25, -0.2) is 0 Å². The lowest BCUT2D eigenvalue weighted by Gasteiger charge is -2.43. The summed E-state index contributed by atoms with van der Waals surface area (Å²) >= 11 is 0. The first-order valence-electron chi connectivity index (χ1n) is 6.34. The smallest absolute Gasteiger partial charge is 0.193 e. The molecule has 0 saturated heterocycles. The summed E-state index contributed by atoms with van der Waals surface area (Å²) in [6.45, 7) is 18.3. The third-order valence-electron chi connectivity index (χ3n) is 4.03. The van der Waals surface area contributed by atoms with Crippen LogP contribution in [0.25, 0.3) is 0 Å². The van der Waals surface area contributed by atoms with E-state index in [0.29, 0.717) is 0 Å². The molecule has 0 spiro atoms. The Balaban J connectivity index is 5.17. The second-order valence-electron chi connectivity index (χ2n) is 6.93. The molecule has 0 aromatic carbocycles. The minimum Gasteiger partial charge on any atom is -0.403 e. The molecule has 1 N–H and O–H groups in total. The third kappa shape index (κ3) is 3.71. The Hall–Kier alpha value is -0.563. The van der Waals surface area contributed by atoms with Crippen LogP contribution < -0.4 is 0 Å². The lowest BCUT2D eigenvalue weighted by molar-refractivity contribution is 0.0106. The van der Waals surface area contributed by atoms with E-state index in [4.69, 9.17) is 10.8 Å².